The first-order valence-electron chi connectivity index (χ1n) is 7.31. The number of carbonyl (C=O) groups is 3. The molecule has 0 bridgehead atoms. The molecule has 1 rings (SSSR count). The van der Waals surface area contributed by atoms with Gasteiger partial charge in [0, 0.05) is 13.0 Å². The van der Waals surface area contributed by atoms with E-state index < -0.39 is 29.4 Å². The third-order valence-electron chi connectivity index (χ3n) is 3.16. The fourth-order valence-electron chi connectivity index (χ4n) is 2.28. The molecule has 8 heteroatoms. The van der Waals surface area contributed by atoms with Crippen LogP contribution in [0.3, 0.4) is 0 Å². The van der Waals surface area contributed by atoms with Crippen LogP contribution in [0.5, 0.6) is 0 Å². The van der Waals surface area contributed by atoms with E-state index >= 15 is 0 Å². The van der Waals surface area contributed by atoms with Gasteiger partial charge in [-0.25, -0.2) is 14.4 Å². The zero-order valence-electron chi connectivity index (χ0n) is 14.0. The van der Waals surface area contributed by atoms with E-state index in [9.17, 15) is 14.4 Å². The summed E-state index contributed by atoms with van der Waals surface area (Å²) in [6, 6.07) is 0. The normalized spacial score (nSPS) is 20.6. The van der Waals surface area contributed by atoms with Gasteiger partial charge in [-0.15, -0.1) is 0 Å². The molecule has 1 N–H and O–H groups in total. The number of carbonyl (C=O) groups excluding carboxylic acids is 3. The van der Waals surface area contributed by atoms with Gasteiger partial charge in [-0.1, -0.05) is 12.7 Å². The minimum atomic E-state index is -1.63. The number of hydrogen-bond donors (Lipinski definition) is 1. The molecule has 0 aromatic rings. The maximum atomic E-state index is 12.4. The Bertz CT molecular complexity index is 485. The second-order valence-electron chi connectivity index (χ2n) is 6.10. The van der Waals surface area contributed by atoms with E-state index in [0.717, 1.165) is 0 Å². The quantitative estimate of drug-likeness (QED) is 0.480. The molecule has 1 aliphatic heterocycles. The number of methoxy groups -OCH3 is 1. The van der Waals surface area contributed by atoms with Crippen molar-refractivity contribution in [2.75, 3.05) is 20.3 Å². The fourth-order valence-corrected chi connectivity index (χ4v) is 2.28. The number of esters is 1. The summed E-state index contributed by atoms with van der Waals surface area (Å²) >= 11 is 0. The summed E-state index contributed by atoms with van der Waals surface area (Å²) in [6.07, 6.45) is 0.568. The number of rotatable bonds is 4. The summed E-state index contributed by atoms with van der Waals surface area (Å²) < 4.78 is 14.9. The van der Waals surface area contributed by atoms with Gasteiger partial charge in [0.1, 0.15) is 12.2 Å². The van der Waals surface area contributed by atoms with Crippen LogP contribution in [0.15, 0.2) is 12.7 Å². The molecular weight excluding hydrogens is 304 g/mol. The molecule has 2 amide bonds. The van der Waals surface area contributed by atoms with Gasteiger partial charge in [-0.2, -0.15) is 0 Å². The van der Waals surface area contributed by atoms with Crippen LogP contribution >= 0.6 is 0 Å². The summed E-state index contributed by atoms with van der Waals surface area (Å²) in [5.41, 5.74) is -2.36. The molecule has 0 radical (unpaired) electrons. The molecule has 1 aliphatic rings. The van der Waals surface area contributed by atoms with E-state index in [2.05, 4.69) is 11.9 Å². The lowest BCUT2D eigenvalue weighted by Crippen LogP contribution is -2.64. The Morgan fingerprint density at radius 1 is 1.35 bits per heavy atom. The van der Waals surface area contributed by atoms with Gasteiger partial charge in [0.05, 0.1) is 7.11 Å². The van der Waals surface area contributed by atoms with Crippen molar-refractivity contribution in [3.63, 3.8) is 0 Å². The van der Waals surface area contributed by atoms with Gasteiger partial charge < -0.3 is 14.2 Å². The van der Waals surface area contributed by atoms with Crippen LogP contribution < -0.4 is 5.32 Å². The Hall–Kier alpha value is -2.25. The summed E-state index contributed by atoms with van der Waals surface area (Å²) in [4.78, 5) is 37.7. The van der Waals surface area contributed by atoms with Gasteiger partial charge in [0.25, 0.3) is 0 Å². The Kier molecular flexibility index (Phi) is 6.00. The highest BCUT2D eigenvalue weighted by molar-refractivity contribution is 5.89. The summed E-state index contributed by atoms with van der Waals surface area (Å²) in [7, 11) is 1.19. The van der Waals surface area contributed by atoms with Gasteiger partial charge in [0.15, 0.2) is 0 Å². The van der Waals surface area contributed by atoms with Crippen molar-refractivity contribution in [2.24, 2.45) is 0 Å². The van der Waals surface area contributed by atoms with E-state index in [0.29, 0.717) is 6.42 Å². The van der Waals surface area contributed by atoms with Crippen molar-refractivity contribution in [1.29, 1.82) is 0 Å². The van der Waals surface area contributed by atoms with E-state index in [1.165, 1.54) is 18.1 Å². The fraction of sp³-hybridized carbons (Fsp3) is 0.667. The van der Waals surface area contributed by atoms with Crippen molar-refractivity contribution >= 4 is 18.2 Å². The van der Waals surface area contributed by atoms with Crippen molar-refractivity contribution < 1.29 is 28.6 Å². The molecule has 0 saturated carbocycles. The molecule has 0 unspecified atom stereocenters. The number of ether oxygens (including phenoxy) is 3. The van der Waals surface area contributed by atoms with Crippen LogP contribution in [-0.2, 0) is 19.0 Å². The lowest BCUT2D eigenvalue weighted by molar-refractivity contribution is -0.155. The van der Waals surface area contributed by atoms with Gasteiger partial charge in [0.2, 0.25) is 5.66 Å². The maximum absolute atomic E-state index is 12.4. The molecule has 0 aliphatic carbocycles. The first kappa shape index (κ1) is 18.8. The molecule has 1 atom stereocenters. The standard InChI is InChI=1S/C15H24N2O6/c1-6-10-22-12(19)16-15(11(18)21-5)8-7-9-17(15)13(20)23-14(2,3)4/h6H,1,7-10H2,2-5H3,(H,16,19)/t15-/m0/s1. The molecule has 1 fully saturated rings. The Morgan fingerprint density at radius 3 is 2.52 bits per heavy atom. The minimum Gasteiger partial charge on any atom is -0.466 e. The largest absolute Gasteiger partial charge is 0.466 e. The number of amides is 2. The number of likely N-dealkylation sites (tertiary alicyclic amines) is 1. The zero-order chi connectivity index (χ0) is 17.7. The molecular formula is C15H24N2O6. The topological polar surface area (TPSA) is 94.2 Å². The SMILES string of the molecule is C=CCOC(=O)N[C@@]1(C(=O)OC)CCCN1C(=O)OC(C)(C)C. The average Bonchev–Trinajstić information content (AvgIpc) is 2.87. The highest BCUT2D eigenvalue weighted by atomic mass is 16.6. The second kappa shape index (κ2) is 7.34. The van der Waals surface area contributed by atoms with Crippen LogP contribution in [0.4, 0.5) is 9.59 Å². The van der Waals surface area contributed by atoms with Crippen LogP contribution in [-0.4, -0.2) is 54.6 Å². The smallest absolute Gasteiger partial charge is 0.412 e. The van der Waals surface area contributed by atoms with Gasteiger partial charge in [-0.05, 0) is 27.2 Å². The van der Waals surface area contributed by atoms with E-state index in [4.69, 9.17) is 14.2 Å². The first-order valence-corrected chi connectivity index (χ1v) is 7.31. The highest BCUT2D eigenvalue weighted by Crippen LogP contribution is 2.30. The zero-order valence-corrected chi connectivity index (χ0v) is 14.0. The molecule has 1 heterocycles. The number of alkyl carbamates (subject to hydrolysis) is 1. The molecule has 0 spiro atoms. The van der Waals surface area contributed by atoms with Crippen molar-refractivity contribution in [3.8, 4) is 0 Å². The molecule has 130 valence electrons. The predicted molar refractivity (Wildman–Crippen MR) is 81.6 cm³/mol. The number of nitrogens with one attached hydrogen (secondary N) is 1. The van der Waals surface area contributed by atoms with Crippen LogP contribution in [0.25, 0.3) is 0 Å². The predicted octanol–water partition coefficient (Wildman–Crippen LogP) is 1.80. The molecule has 0 aromatic heterocycles. The van der Waals surface area contributed by atoms with Crippen molar-refractivity contribution in [3.05, 3.63) is 12.7 Å². The minimum absolute atomic E-state index is 0.0183. The Morgan fingerprint density at radius 2 is 2.00 bits per heavy atom. The maximum Gasteiger partial charge on any atom is 0.412 e. The Labute approximate surface area is 135 Å². The lowest BCUT2D eigenvalue weighted by atomic mass is 10.1. The van der Waals surface area contributed by atoms with Crippen molar-refractivity contribution in [1.82, 2.24) is 10.2 Å². The third kappa shape index (κ3) is 4.61. The number of nitrogens with zero attached hydrogens (tertiary/aromatic N) is 1. The summed E-state index contributed by atoms with van der Waals surface area (Å²) in [5.74, 6) is -0.753. The molecule has 0 aromatic carbocycles. The second-order valence-corrected chi connectivity index (χ2v) is 6.10. The summed E-state index contributed by atoms with van der Waals surface area (Å²) in [5, 5.41) is 2.44. The lowest BCUT2D eigenvalue weighted by Gasteiger charge is -2.36. The van der Waals surface area contributed by atoms with Gasteiger partial charge >= 0.3 is 18.2 Å². The monoisotopic (exact) mass is 328 g/mol. The van der Waals surface area contributed by atoms with Crippen LogP contribution in [0, 0.1) is 0 Å². The highest BCUT2D eigenvalue weighted by Gasteiger charge is 2.53. The molecule has 23 heavy (non-hydrogen) atoms. The number of hydrogen-bond acceptors (Lipinski definition) is 6. The third-order valence-corrected chi connectivity index (χ3v) is 3.16. The first-order chi connectivity index (χ1) is 10.7. The van der Waals surface area contributed by atoms with E-state index in [1.54, 1.807) is 20.8 Å². The van der Waals surface area contributed by atoms with E-state index in [1.807, 2.05) is 0 Å². The molecule has 8 nitrogen and oxygen atoms in total. The Balaban J connectivity index is 3.02. The van der Waals surface area contributed by atoms with E-state index in [-0.39, 0.29) is 19.6 Å². The summed E-state index contributed by atoms with van der Waals surface area (Å²) in [6.45, 7) is 8.82. The molecule has 1 saturated heterocycles. The van der Waals surface area contributed by atoms with Gasteiger partial charge in [-0.3, -0.25) is 10.2 Å². The van der Waals surface area contributed by atoms with Crippen LogP contribution in [0.1, 0.15) is 33.6 Å². The van der Waals surface area contributed by atoms with Crippen LogP contribution in [0.2, 0.25) is 0 Å². The van der Waals surface area contributed by atoms with Crippen molar-refractivity contribution in [2.45, 2.75) is 44.9 Å². The average molecular weight is 328 g/mol.